The number of amides is 1. The number of allylic oxidation sites excluding steroid dienone is 1. The molecule has 2 rings (SSSR count). The highest BCUT2D eigenvalue weighted by Gasteiger charge is 2.13. The van der Waals surface area contributed by atoms with Crippen LogP contribution in [0.2, 0.25) is 5.02 Å². The molecular formula is C17H21ClN4OS. The molecule has 1 heterocycles. The van der Waals surface area contributed by atoms with Crippen LogP contribution >= 0.6 is 23.4 Å². The van der Waals surface area contributed by atoms with Crippen LogP contribution in [-0.4, -0.2) is 26.4 Å². The van der Waals surface area contributed by atoms with Crippen LogP contribution in [0, 0.1) is 0 Å². The van der Waals surface area contributed by atoms with E-state index < -0.39 is 0 Å². The van der Waals surface area contributed by atoms with E-state index in [1.165, 1.54) is 11.8 Å². The van der Waals surface area contributed by atoms with E-state index in [0.29, 0.717) is 11.6 Å². The fourth-order valence-corrected chi connectivity index (χ4v) is 3.01. The van der Waals surface area contributed by atoms with Gasteiger partial charge in [0, 0.05) is 23.7 Å². The number of hydrogen-bond donors (Lipinski definition) is 1. The number of rotatable bonds is 9. The third kappa shape index (κ3) is 5.39. The Balaban J connectivity index is 1.95. The van der Waals surface area contributed by atoms with Crippen molar-refractivity contribution in [1.82, 2.24) is 14.8 Å². The van der Waals surface area contributed by atoms with E-state index in [-0.39, 0.29) is 11.7 Å². The van der Waals surface area contributed by atoms with Gasteiger partial charge in [-0.15, -0.1) is 16.8 Å². The van der Waals surface area contributed by atoms with Gasteiger partial charge in [0.05, 0.1) is 5.75 Å². The van der Waals surface area contributed by atoms with Gasteiger partial charge in [-0.25, -0.2) is 0 Å². The molecular weight excluding hydrogens is 344 g/mol. The number of nitrogens with zero attached hydrogens (tertiary/aromatic N) is 3. The highest BCUT2D eigenvalue weighted by molar-refractivity contribution is 7.99. The van der Waals surface area contributed by atoms with E-state index in [9.17, 15) is 4.79 Å². The summed E-state index contributed by atoms with van der Waals surface area (Å²) in [5.74, 6) is 1.12. The second-order valence-corrected chi connectivity index (χ2v) is 6.62. The van der Waals surface area contributed by atoms with Crippen molar-refractivity contribution in [3.63, 3.8) is 0 Å². The Hall–Kier alpha value is -1.79. The maximum atomic E-state index is 12.1. The molecule has 2 aromatic rings. The first-order valence-electron chi connectivity index (χ1n) is 7.85. The molecule has 1 amide bonds. The minimum Gasteiger partial charge on any atom is -0.325 e. The zero-order valence-electron chi connectivity index (χ0n) is 13.7. The molecule has 0 aliphatic heterocycles. The Morgan fingerprint density at radius 1 is 1.38 bits per heavy atom. The monoisotopic (exact) mass is 364 g/mol. The van der Waals surface area contributed by atoms with E-state index in [0.717, 1.165) is 35.9 Å². The summed E-state index contributed by atoms with van der Waals surface area (Å²) in [6.45, 7) is 6.57. The molecule has 0 radical (unpaired) electrons. The summed E-state index contributed by atoms with van der Waals surface area (Å²) in [5, 5.41) is 12.7. The molecule has 24 heavy (non-hydrogen) atoms. The van der Waals surface area contributed by atoms with Gasteiger partial charge < -0.3 is 9.88 Å². The number of nitrogens with one attached hydrogen (secondary N) is 1. The molecule has 0 saturated heterocycles. The Morgan fingerprint density at radius 3 is 2.79 bits per heavy atom. The van der Waals surface area contributed by atoms with E-state index in [4.69, 9.17) is 11.6 Å². The van der Waals surface area contributed by atoms with Crippen molar-refractivity contribution < 1.29 is 4.79 Å². The van der Waals surface area contributed by atoms with E-state index in [2.05, 4.69) is 29.0 Å². The van der Waals surface area contributed by atoms with E-state index in [1.807, 2.05) is 10.6 Å². The largest absolute Gasteiger partial charge is 0.325 e. The van der Waals surface area contributed by atoms with Crippen LogP contribution in [-0.2, 0) is 17.8 Å². The fraction of sp³-hybridized carbons (Fsp3) is 0.353. The van der Waals surface area contributed by atoms with Crippen LogP contribution in [0.5, 0.6) is 0 Å². The number of hydrogen-bond acceptors (Lipinski definition) is 4. The Bertz CT molecular complexity index is 684. The van der Waals surface area contributed by atoms with Gasteiger partial charge in [-0.3, -0.25) is 4.79 Å². The van der Waals surface area contributed by atoms with E-state index >= 15 is 0 Å². The quantitative estimate of drug-likeness (QED) is 0.535. The normalized spacial score (nSPS) is 10.6. The van der Waals surface area contributed by atoms with Gasteiger partial charge in [-0.2, -0.15) is 0 Å². The number of carbonyl (C=O) groups excluding carboxylic acids is 1. The van der Waals surface area contributed by atoms with Crippen LogP contribution < -0.4 is 5.32 Å². The molecule has 0 bridgehead atoms. The second kappa shape index (κ2) is 9.49. The number of aromatic nitrogens is 3. The first kappa shape index (κ1) is 18.5. The maximum Gasteiger partial charge on any atom is 0.234 e. The van der Waals surface area contributed by atoms with Crippen LogP contribution in [0.4, 0.5) is 5.69 Å². The third-order valence-corrected chi connectivity index (χ3v) is 4.54. The van der Waals surface area contributed by atoms with Gasteiger partial charge >= 0.3 is 0 Å². The van der Waals surface area contributed by atoms with Gasteiger partial charge in [0.2, 0.25) is 5.91 Å². The molecule has 1 aromatic carbocycles. The third-order valence-electron chi connectivity index (χ3n) is 3.32. The van der Waals surface area contributed by atoms with Crippen molar-refractivity contribution >= 4 is 35.0 Å². The number of unbranched alkanes of at least 4 members (excludes halogenated alkanes) is 1. The zero-order valence-corrected chi connectivity index (χ0v) is 15.2. The molecule has 1 aromatic heterocycles. The van der Waals surface area contributed by atoms with Crippen LogP contribution in [0.15, 0.2) is 42.1 Å². The van der Waals surface area contributed by atoms with Crippen molar-refractivity contribution in [2.45, 2.75) is 37.9 Å². The predicted molar refractivity (Wildman–Crippen MR) is 99.6 cm³/mol. The summed E-state index contributed by atoms with van der Waals surface area (Å²) < 4.78 is 2.02. The van der Waals surface area contributed by atoms with E-state index in [1.54, 1.807) is 24.3 Å². The number of halogens is 1. The van der Waals surface area contributed by atoms with Crippen molar-refractivity contribution in [3.8, 4) is 0 Å². The van der Waals surface area contributed by atoms with Gasteiger partial charge in [0.25, 0.3) is 0 Å². The number of carbonyl (C=O) groups is 1. The molecule has 128 valence electrons. The highest BCUT2D eigenvalue weighted by atomic mass is 35.5. The summed E-state index contributed by atoms with van der Waals surface area (Å²) in [6, 6.07) is 7.03. The SMILES string of the molecule is C=CCn1c(CCCC)nnc1SCC(=O)Nc1ccc(Cl)cc1. The van der Waals surface area contributed by atoms with Crippen molar-refractivity contribution in [2.75, 3.05) is 11.1 Å². The molecule has 0 aliphatic carbocycles. The number of benzene rings is 1. The van der Waals surface area contributed by atoms with Crippen LogP contribution in [0.3, 0.4) is 0 Å². The molecule has 0 fully saturated rings. The fourth-order valence-electron chi connectivity index (χ4n) is 2.12. The lowest BCUT2D eigenvalue weighted by molar-refractivity contribution is -0.113. The number of thioether (sulfide) groups is 1. The smallest absolute Gasteiger partial charge is 0.234 e. The Labute approximate surface area is 151 Å². The van der Waals surface area contributed by atoms with Crippen molar-refractivity contribution in [3.05, 3.63) is 47.8 Å². The summed E-state index contributed by atoms with van der Waals surface area (Å²) in [4.78, 5) is 12.1. The topological polar surface area (TPSA) is 59.8 Å². The Kier molecular flexibility index (Phi) is 7.34. The lowest BCUT2D eigenvalue weighted by Crippen LogP contribution is -2.14. The summed E-state index contributed by atoms with van der Waals surface area (Å²) in [6.07, 6.45) is 4.87. The number of anilines is 1. The lowest BCUT2D eigenvalue weighted by Gasteiger charge is -2.08. The average molecular weight is 365 g/mol. The molecule has 5 nitrogen and oxygen atoms in total. The molecule has 0 atom stereocenters. The summed E-state index contributed by atoms with van der Waals surface area (Å²) in [5.41, 5.74) is 0.723. The van der Waals surface area contributed by atoms with Crippen molar-refractivity contribution in [1.29, 1.82) is 0 Å². The van der Waals surface area contributed by atoms with Crippen LogP contribution in [0.1, 0.15) is 25.6 Å². The second-order valence-electron chi connectivity index (χ2n) is 5.25. The molecule has 0 unspecified atom stereocenters. The van der Waals surface area contributed by atoms with Gasteiger partial charge in [-0.1, -0.05) is 42.8 Å². The van der Waals surface area contributed by atoms with Crippen molar-refractivity contribution in [2.24, 2.45) is 0 Å². The zero-order chi connectivity index (χ0) is 17.4. The minimum absolute atomic E-state index is 0.0921. The average Bonchev–Trinajstić information content (AvgIpc) is 2.95. The standard InChI is InChI=1S/C17H21ClN4OS/c1-3-5-6-15-20-21-17(22(15)11-4-2)24-12-16(23)19-14-9-7-13(18)8-10-14/h4,7-10H,2-3,5-6,11-12H2,1H3,(H,19,23). The molecule has 0 saturated carbocycles. The molecule has 1 N–H and O–H groups in total. The number of aryl methyl sites for hydroxylation is 1. The van der Waals surface area contributed by atoms with Gasteiger partial charge in [0.15, 0.2) is 5.16 Å². The summed E-state index contributed by atoms with van der Waals surface area (Å²) in [7, 11) is 0. The molecule has 7 heteroatoms. The lowest BCUT2D eigenvalue weighted by atomic mass is 10.2. The van der Waals surface area contributed by atoms with Crippen LogP contribution in [0.25, 0.3) is 0 Å². The molecule has 0 spiro atoms. The Morgan fingerprint density at radius 2 is 2.12 bits per heavy atom. The highest BCUT2D eigenvalue weighted by Crippen LogP contribution is 2.19. The van der Waals surface area contributed by atoms with Gasteiger partial charge in [0.1, 0.15) is 5.82 Å². The minimum atomic E-state index is -0.0921. The predicted octanol–water partition coefficient (Wildman–Crippen LogP) is 4.19. The molecule has 0 aliphatic rings. The first-order valence-corrected chi connectivity index (χ1v) is 9.21. The van der Waals surface area contributed by atoms with Gasteiger partial charge in [-0.05, 0) is 30.7 Å². The first-order chi connectivity index (χ1) is 11.6. The summed E-state index contributed by atoms with van der Waals surface area (Å²) >= 11 is 7.21. The maximum absolute atomic E-state index is 12.1.